The molecule has 5 nitrogen and oxygen atoms in total. The summed E-state index contributed by atoms with van der Waals surface area (Å²) in [5, 5.41) is 9.41. The third-order valence-corrected chi connectivity index (χ3v) is 2.15. The van der Waals surface area contributed by atoms with Crippen LogP contribution in [0.4, 0.5) is 0 Å². The highest BCUT2D eigenvalue weighted by atomic mass is 16.2. The van der Waals surface area contributed by atoms with Crippen LogP contribution >= 0.6 is 0 Å². The Balaban J connectivity index is 2.70. The summed E-state index contributed by atoms with van der Waals surface area (Å²) in [6.07, 6.45) is 3.20. The van der Waals surface area contributed by atoms with E-state index >= 15 is 0 Å². The molecule has 2 aromatic heterocycles. The van der Waals surface area contributed by atoms with Gasteiger partial charge in [0.05, 0.1) is 11.1 Å². The highest BCUT2D eigenvalue weighted by molar-refractivity contribution is 5.96. The first-order chi connectivity index (χ1) is 8.22. The molecule has 0 atom stereocenters. The molecule has 84 valence electrons. The zero-order chi connectivity index (χ0) is 12.3. The molecule has 2 heterocycles. The summed E-state index contributed by atoms with van der Waals surface area (Å²) in [6, 6.07) is 3.36. The van der Waals surface area contributed by atoms with Gasteiger partial charge in [-0.05, 0) is 12.1 Å². The lowest BCUT2D eigenvalue weighted by Gasteiger charge is -2.02. The number of hydrogen-bond acceptors (Lipinski definition) is 4. The lowest BCUT2D eigenvalue weighted by atomic mass is 10.1. The van der Waals surface area contributed by atoms with E-state index in [1.54, 1.807) is 24.5 Å². The summed E-state index contributed by atoms with van der Waals surface area (Å²) in [5.74, 6) is 4.46. The summed E-state index contributed by atoms with van der Waals surface area (Å²) in [7, 11) is 0. The van der Waals surface area contributed by atoms with Crippen LogP contribution in [0.3, 0.4) is 0 Å². The number of pyridine rings is 2. The first-order valence-electron chi connectivity index (χ1n) is 4.86. The highest BCUT2D eigenvalue weighted by Gasteiger charge is 2.10. The number of amides is 1. The van der Waals surface area contributed by atoms with Gasteiger partial charge in [0.25, 0.3) is 5.91 Å². The maximum absolute atomic E-state index is 11.2. The number of hydrogen-bond donors (Lipinski definition) is 2. The van der Waals surface area contributed by atoms with Crippen LogP contribution in [0.1, 0.15) is 16.1 Å². The minimum Gasteiger partial charge on any atom is -0.384 e. The van der Waals surface area contributed by atoms with Gasteiger partial charge >= 0.3 is 0 Å². The monoisotopic (exact) mass is 227 g/mol. The topological polar surface area (TPSA) is 89.1 Å². The van der Waals surface area contributed by atoms with Gasteiger partial charge in [0.15, 0.2) is 0 Å². The van der Waals surface area contributed by atoms with Gasteiger partial charge in [0.1, 0.15) is 12.3 Å². The van der Waals surface area contributed by atoms with E-state index in [0.29, 0.717) is 11.1 Å². The summed E-state index contributed by atoms with van der Waals surface area (Å²) >= 11 is 0. The van der Waals surface area contributed by atoms with Crippen LogP contribution in [-0.4, -0.2) is 27.6 Å². The largest absolute Gasteiger partial charge is 0.384 e. The number of carbonyl (C=O) groups is 1. The first kappa shape index (κ1) is 11.0. The summed E-state index contributed by atoms with van der Waals surface area (Å²) in [5.41, 5.74) is 6.36. The molecule has 1 amide bonds. The Morgan fingerprint density at radius 3 is 3.06 bits per heavy atom. The third kappa shape index (κ3) is 2.22. The Hall–Kier alpha value is -2.45. The average Bonchev–Trinajstić information content (AvgIpc) is 2.35. The van der Waals surface area contributed by atoms with Crippen LogP contribution in [-0.2, 0) is 0 Å². The van der Waals surface area contributed by atoms with Crippen molar-refractivity contribution in [1.29, 1.82) is 0 Å². The normalized spacial score (nSPS) is 9.71. The van der Waals surface area contributed by atoms with Crippen LogP contribution in [0.5, 0.6) is 0 Å². The molecule has 0 aromatic carbocycles. The lowest BCUT2D eigenvalue weighted by molar-refractivity contribution is 0.0995. The smallest absolute Gasteiger partial charge is 0.268 e. The quantitative estimate of drug-likeness (QED) is 0.675. The van der Waals surface area contributed by atoms with Crippen molar-refractivity contribution < 1.29 is 9.90 Å². The fourth-order valence-corrected chi connectivity index (χ4v) is 1.43. The van der Waals surface area contributed by atoms with E-state index in [1.807, 2.05) is 0 Å². The van der Waals surface area contributed by atoms with Crippen molar-refractivity contribution in [3.63, 3.8) is 0 Å². The summed E-state index contributed by atoms with van der Waals surface area (Å²) in [4.78, 5) is 19.3. The summed E-state index contributed by atoms with van der Waals surface area (Å²) in [6.45, 7) is -0.288. The second-order valence-corrected chi connectivity index (χ2v) is 3.28. The molecule has 0 unspecified atom stereocenters. The maximum atomic E-state index is 11.2. The molecule has 2 aromatic rings. The molecular formula is C12H9N3O2. The van der Waals surface area contributed by atoms with E-state index in [4.69, 9.17) is 10.8 Å². The van der Waals surface area contributed by atoms with Gasteiger partial charge in [0, 0.05) is 17.8 Å². The molecule has 17 heavy (non-hydrogen) atoms. The second kappa shape index (κ2) is 4.60. The third-order valence-electron chi connectivity index (χ3n) is 2.15. The molecular weight excluding hydrogens is 218 g/mol. The predicted molar refractivity (Wildman–Crippen MR) is 62.0 cm³/mol. The van der Waals surface area contributed by atoms with Crippen LogP contribution in [0.25, 0.3) is 10.9 Å². The van der Waals surface area contributed by atoms with Gasteiger partial charge in [-0.15, -0.1) is 0 Å². The van der Waals surface area contributed by atoms with E-state index in [1.165, 1.54) is 0 Å². The molecule has 0 aliphatic rings. The molecule has 0 aliphatic carbocycles. The molecule has 2 rings (SSSR count). The van der Waals surface area contributed by atoms with Crippen molar-refractivity contribution in [3.8, 4) is 11.8 Å². The van der Waals surface area contributed by atoms with Crippen LogP contribution in [0.2, 0.25) is 0 Å². The van der Waals surface area contributed by atoms with E-state index in [9.17, 15) is 4.79 Å². The highest BCUT2D eigenvalue weighted by Crippen LogP contribution is 2.14. The number of carbonyl (C=O) groups excluding carboxylic acids is 1. The molecule has 0 bridgehead atoms. The van der Waals surface area contributed by atoms with Gasteiger partial charge in [0.2, 0.25) is 0 Å². The maximum Gasteiger partial charge on any atom is 0.268 e. The first-order valence-corrected chi connectivity index (χ1v) is 4.86. The number of aliphatic hydroxyl groups excluding tert-OH is 1. The average molecular weight is 227 g/mol. The van der Waals surface area contributed by atoms with Crippen LogP contribution in [0, 0.1) is 11.8 Å². The van der Waals surface area contributed by atoms with Crippen LogP contribution < -0.4 is 5.73 Å². The standard InChI is InChI=1S/C12H9N3O2/c13-12(17)11-8(2-1-5-16)6-9-7-14-4-3-10(9)15-11/h3-4,6-7,16H,5H2,(H2,13,17). The number of aliphatic hydroxyl groups is 1. The van der Waals surface area contributed by atoms with Crippen molar-refractivity contribution >= 4 is 16.8 Å². The Bertz CT molecular complexity index is 641. The molecule has 0 spiro atoms. The van der Waals surface area contributed by atoms with E-state index < -0.39 is 5.91 Å². The molecule has 0 saturated carbocycles. The van der Waals surface area contributed by atoms with E-state index in [2.05, 4.69) is 21.8 Å². The van der Waals surface area contributed by atoms with Crippen molar-refractivity contribution in [2.24, 2.45) is 5.73 Å². The minimum atomic E-state index is -0.647. The fourth-order valence-electron chi connectivity index (χ4n) is 1.43. The van der Waals surface area contributed by atoms with E-state index in [0.717, 1.165) is 5.39 Å². The van der Waals surface area contributed by atoms with Crippen molar-refractivity contribution in [2.75, 3.05) is 6.61 Å². The van der Waals surface area contributed by atoms with Crippen molar-refractivity contribution in [3.05, 3.63) is 35.8 Å². The Morgan fingerprint density at radius 2 is 2.35 bits per heavy atom. The molecule has 0 saturated heterocycles. The van der Waals surface area contributed by atoms with Gasteiger partial charge in [-0.1, -0.05) is 11.8 Å². The molecule has 0 fully saturated rings. The number of fused-ring (bicyclic) bond motifs is 1. The van der Waals surface area contributed by atoms with Crippen molar-refractivity contribution in [2.45, 2.75) is 0 Å². The minimum absolute atomic E-state index is 0.102. The predicted octanol–water partition coefficient (Wildman–Crippen LogP) is 0.0725. The number of nitrogens with two attached hydrogens (primary N) is 1. The zero-order valence-electron chi connectivity index (χ0n) is 8.84. The van der Waals surface area contributed by atoms with Crippen LogP contribution in [0.15, 0.2) is 24.5 Å². The molecule has 0 aliphatic heterocycles. The van der Waals surface area contributed by atoms with Gasteiger partial charge in [-0.3, -0.25) is 9.78 Å². The Morgan fingerprint density at radius 1 is 1.53 bits per heavy atom. The number of nitrogens with zero attached hydrogens (tertiary/aromatic N) is 2. The van der Waals surface area contributed by atoms with Gasteiger partial charge in [-0.2, -0.15) is 0 Å². The summed E-state index contributed by atoms with van der Waals surface area (Å²) < 4.78 is 0. The number of aromatic nitrogens is 2. The second-order valence-electron chi connectivity index (χ2n) is 3.28. The van der Waals surface area contributed by atoms with Gasteiger partial charge in [-0.25, -0.2) is 4.98 Å². The number of rotatable bonds is 1. The molecule has 3 N–H and O–H groups in total. The zero-order valence-corrected chi connectivity index (χ0v) is 8.84. The lowest BCUT2D eigenvalue weighted by Crippen LogP contribution is -2.15. The van der Waals surface area contributed by atoms with Crippen molar-refractivity contribution in [1.82, 2.24) is 9.97 Å². The Kier molecular flexibility index (Phi) is 2.99. The number of primary amides is 1. The fraction of sp³-hybridized carbons (Fsp3) is 0.0833. The molecule has 0 radical (unpaired) electrons. The SMILES string of the molecule is NC(=O)c1nc2ccncc2cc1C#CCO. The molecule has 5 heteroatoms. The Labute approximate surface area is 97.3 Å². The van der Waals surface area contributed by atoms with Gasteiger partial charge < -0.3 is 10.8 Å². The van der Waals surface area contributed by atoms with E-state index in [-0.39, 0.29) is 12.3 Å².